The summed E-state index contributed by atoms with van der Waals surface area (Å²) in [6, 6.07) is 22.4. The van der Waals surface area contributed by atoms with Gasteiger partial charge in [-0.2, -0.15) is 0 Å². The highest BCUT2D eigenvalue weighted by molar-refractivity contribution is 7.26. The van der Waals surface area contributed by atoms with Crippen LogP contribution >= 0.6 is 34.0 Å². The lowest BCUT2D eigenvalue weighted by Crippen LogP contribution is -2.32. The lowest BCUT2D eigenvalue weighted by atomic mass is 10.1. The molecule has 0 amide bonds. The number of nitrogens with zero attached hydrogens (tertiary/aromatic N) is 2. The van der Waals surface area contributed by atoms with Crippen molar-refractivity contribution in [3.8, 4) is 30.6 Å². The quantitative estimate of drug-likeness (QED) is 0.0871. The molecule has 5 rings (SSSR count). The number of pyridine rings is 2. The molecule has 202 valence electrons. The Kier molecular flexibility index (Phi) is 10.5. The Morgan fingerprint density at radius 2 is 1.10 bits per heavy atom. The van der Waals surface area contributed by atoms with Gasteiger partial charge >= 0.3 is 0 Å². The van der Waals surface area contributed by atoms with Crippen molar-refractivity contribution in [3.63, 3.8) is 0 Å². The zero-order valence-electron chi connectivity index (χ0n) is 23.1. The molecule has 0 saturated heterocycles. The van der Waals surface area contributed by atoms with Crippen molar-refractivity contribution in [2.24, 2.45) is 7.05 Å². The van der Waals surface area contributed by atoms with Gasteiger partial charge < -0.3 is 0 Å². The van der Waals surface area contributed by atoms with Crippen LogP contribution < -0.4 is 9.13 Å². The Bertz CT molecular complexity index is 1380. The van der Waals surface area contributed by atoms with Gasteiger partial charge in [-0.05, 0) is 66.1 Å². The Balaban J connectivity index is 0.888. The molecular formula is C34H40N2S3+2. The molecule has 5 heterocycles. The number of aryl methyl sites for hydroxylation is 3. The Hall–Kier alpha value is -2.60. The molecule has 0 radical (unpaired) electrons. The highest BCUT2D eigenvalue weighted by Gasteiger charge is 2.09. The summed E-state index contributed by atoms with van der Waals surface area (Å²) in [6.07, 6.45) is 22.1. The van der Waals surface area contributed by atoms with E-state index in [2.05, 4.69) is 107 Å². The van der Waals surface area contributed by atoms with Gasteiger partial charge in [-0.15, -0.1) is 34.0 Å². The van der Waals surface area contributed by atoms with E-state index in [0.29, 0.717) is 0 Å². The molecule has 39 heavy (non-hydrogen) atoms. The van der Waals surface area contributed by atoms with E-state index in [4.69, 9.17) is 0 Å². The molecule has 0 N–H and O–H groups in total. The molecule has 0 aliphatic heterocycles. The summed E-state index contributed by atoms with van der Waals surface area (Å²) >= 11 is 5.73. The first-order valence-corrected chi connectivity index (χ1v) is 16.9. The Morgan fingerprint density at radius 1 is 0.538 bits per heavy atom. The molecule has 0 bridgehead atoms. The van der Waals surface area contributed by atoms with Crippen molar-refractivity contribution >= 4 is 34.0 Å². The lowest BCUT2D eigenvalue weighted by molar-refractivity contribution is -0.697. The molecule has 0 atom stereocenters. The van der Waals surface area contributed by atoms with Crippen molar-refractivity contribution in [2.45, 2.75) is 70.8 Å². The lowest BCUT2D eigenvalue weighted by Gasteiger charge is -2.03. The molecular weight excluding hydrogens is 533 g/mol. The van der Waals surface area contributed by atoms with Crippen molar-refractivity contribution in [2.75, 3.05) is 0 Å². The number of rotatable bonds is 15. The van der Waals surface area contributed by atoms with E-state index in [1.54, 1.807) is 0 Å². The average molecular weight is 573 g/mol. The summed E-state index contributed by atoms with van der Waals surface area (Å²) in [7, 11) is 2.05. The molecule has 0 aliphatic carbocycles. The Morgan fingerprint density at radius 3 is 1.77 bits per heavy atom. The number of unbranched alkanes of at least 4 members (excludes halogenated alkanes) is 8. The minimum absolute atomic E-state index is 1.12. The van der Waals surface area contributed by atoms with Crippen LogP contribution in [0.5, 0.6) is 0 Å². The summed E-state index contributed by atoms with van der Waals surface area (Å²) in [5, 5.41) is 2.16. The monoisotopic (exact) mass is 572 g/mol. The van der Waals surface area contributed by atoms with Gasteiger partial charge in [-0.25, -0.2) is 9.13 Å². The molecule has 5 aromatic rings. The van der Waals surface area contributed by atoms with Gasteiger partial charge in [0, 0.05) is 55.1 Å². The number of thiophene rings is 3. The fourth-order valence-corrected chi connectivity index (χ4v) is 7.97. The second kappa shape index (κ2) is 14.7. The van der Waals surface area contributed by atoms with E-state index in [1.165, 1.54) is 99.7 Å². The van der Waals surface area contributed by atoms with Crippen LogP contribution in [0.1, 0.15) is 62.7 Å². The van der Waals surface area contributed by atoms with Crippen LogP contribution in [0.4, 0.5) is 0 Å². The maximum atomic E-state index is 2.35. The minimum atomic E-state index is 1.12. The van der Waals surface area contributed by atoms with Crippen LogP contribution in [-0.4, -0.2) is 0 Å². The molecule has 5 aromatic heterocycles. The van der Waals surface area contributed by atoms with E-state index >= 15 is 0 Å². The first-order valence-electron chi connectivity index (χ1n) is 14.4. The van der Waals surface area contributed by atoms with Gasteiger partial charge in [0.2, 0.25) is 0 Å². The van der Waals surface area contributed by atoms with Crippen LogP contribution in [0.3, 0.4) is 0 Å². The van der Waals surface area contributed by atoms with Crippen LogP contribution in [0, 0.1) is 0 Å². The van der Waals surface area contributed by atoms with E-state index in [9.17, 15) is 0 Å². The first-order chi connectivity index (χ1) is 19.2. The number of aromatic nitrogens is 2. The second-order valence-corrected chi connectivity index (χ2v) is 13.6. The molecule has 5 heteroatoms. The van der Waals surface area contributed by atoms with Crippen molar-refractivity contribution in [1.82, 2.24) is 0 Å². The Labute approximate surface area is 246 Å². The van der Waals surface area contributed by atoms with E-state index in [1.807, 2.05) is 34.0 Å². The molecule has 0 fully saturated rings. The van der Waals surface area contributed by atoms with Gasteiger partial charge in [0.15, 0.2) is 24.8 Å². The van der Waals surface area contributed by atoms with Crippen LogP contribution in [-0.2, 0) is 20.0 Å². The van der Waals surface area contributed by atoms with E-state index in [0.717, 1.165) is 6.54 Å². The zero-order valence-corrected chi connectivity index (χ0v) is 25.5. The van der Waals surface area contributed by atoms with Gasteiger partial charge in [0.05, 0.1) is 0 Å². The summed E-state index contributed by atoms with van der Waals surface area (Å²) in [6.45, 7) is 1.12. The summed E-state index contributed by atoms with van der Waals surface area (Å²) in [5.74, 6) is 0. The van der Waals surface area contributed by atoms with Crippen molar-refractivity contribution in [1.29, 1.82) is 0 Å². The SMILES string of the molecule is C[n+]1ccc(-c2cc[n+](CCCCCCCCCCCc3ccc(-c4ccc(-c5cccs5)s4)s3)cc2)cc1. The molecule has 0 saturated carbocycles. The topological polar surface area (TPSA) is 7.76 Å². The van der Waals surface area contributed by atoms with Crippen molar-refractivity contribution < 1.29 is 9.13 Å². The molecule has 0 unspecified atom stereocenters. The third-order valence-electron chi connectivity index (χ3n) is 7.32. The largest absolute Gasteiger partial charge is 0.208 e. The maximum absolute atomic E-state index is 2.35. The average Bonchev–Trinajstić information content (AvgIpc) is 3.74. The predicted molar refractivity (Wildman–Crippen MR) is 169 cm³/mol. The van der Waals surface area contributed by atoms with E-state index in [-0.39, 0.29) is 0 Å². The second-order valence-electron chi connectivity index (χ2n) is 10.4. The maximum Gasteiger partial charge on any atom is 0.169 e. The fourth-order valence-electron chi connectivity index (χ4n) is 4.99. The van der Waals surface area contributed by atoms with Crippen LogP contribution in [0.2, 0.25) is 0 Å². The molecule has 0 spiro atoms. The van der Waals surface area contributed by atoms with Gasteiger partial charge in [-0.3, -0.25) is 0 Å². The van der Waals surface area contributed by atoms with Gasteiger partial charge in [0.1, 0.15) is 13.6 Å². The first kappa shape index (κ1) is 27.9. The third kappa shape index (κ3) is 8.44. The summed E-state index contributed by atoms with van der Waals surface area (Å²) in [5.41, 5.74) is 2.56. The summed E-state index contributed by atoms with van der Waals surface area (Å²) < 4.78 is 4.40. The fraction of sp³-hybridized carbons (Fsp3) is 0.353. The summed E-state index contributed by atoms with van der Waals surface area (Å²) in [4.78, 5) is 7.13. The molecule has 2 nitrogen and oxygen atoms in total. The van der Waals surface area contributed by atoms with Crippen LogP contribution in [0.25, 0.3) is 30.6 Å². The smallest absolute Gasteiger partial charge is 0.169 e. The van der Waals surface area contributed by atoms with Crippen molar-refractivity contribution in [3.05, 3.63) is 95.7 Å². The zero-order chi connectivity index (χ0) is 26.7. The number of hydrogen-bond donors (Lipinski definition) is 0. The highest BCUT2D eigenvalue weighted by Crippen LogP contribution is 2.39. The third-order valence-corrected chi connectivity index (χ3v) is 10.8. The normalized spacial score (nSPS) is 11.3. The molecule has 0 aliphatic rings. The standard InChI is InChI=1S/C34H40N2S3/c1-35-23-18-28(19-24-35)29-20-25-36(26-21-29)22-10-8-6-4-2-3-5-7-9-12-30-14-15-33(38-30)34-17-16-32(39-34)31-13-11-27-37-31/h11,13-21,23-27H,2-10,12,22H2,1H3/q+2. The van der Waals surface area contributed by atoms with Gasteiger partial charge in [-0.1, -0.05) is 44.6 Å². The predicted octanol–water partition coefficient (Wildman–Crippen LogP) is 9.74. The van der Waals surface area contributed by atoms with Crippen LogP contribution in [0.15, 0.2) is 90.8 Å². The number of hydrogen-bond acceptors (Lipinski definition) is 3. The van der Waals surface area contributed by atoms with E-state index < -0.39 is 0 Å². The highest BCUT2D eigenvalue weighted by atomic mass is 32.1. The van der Waals surface area contributed by atoms with Gasteiger partial charge in [0.25, 0.3) is 0 Å². The minimum Gasteiger partial charge on any atom is -0.208 e. The molecule has 0 aromatic carbocycles.